The predicted octanol–water partition coefficient (Wildman–Crippen LogP) is 0.720. The van der Waals surface area contributed by atoms with Crippen molar-refractivity contribution in [3.05, 3.63) is 0 Å². The summed E-state index contributed by atoms with van der Waals surface area (Å²) < 4.78 is 9.89. The number of hydrogen-bond acceptors (Lipinski definition) is 6. The summed E-state index contributed by atoms with van der Waals surface area (Å²) in [5.74, 6) is 0.526. The molecular weight excluding hydrogens is 264 g/mol. The smallest absolute Gasteiger partial charge is 0.324 e. The first kappa shape index (κ1) is 12.0. The van der Waals surface area contributed by atoms with Gasteiger partial charge in [0.1, 0.15) is 0 Å². The van der Waals surface area contributed by atoms with Gasteiger partial charge in [0.05, 0.1) is 14.2 Å². The number of alkyl halides is 1. The first-order chi connectivity index (χ1) is 7.21. The van der Waals surface area contributed by atoms with Gasteiger partial charge < -0.3 is 14.4 Å². The Morgan fingerprint density at radius 1 is 1.13 bits per heavy atom. The molecule has 0 aliphatic heterocycles. The highest BCUT2D eigenvalue weighted by Crippen LogP contribution is 2.14. The minimum Gasteiger partial charge on any atom is -0.467 e. The SMILES string of the molecule is COc1nc(OC)nc(N(C)CCBr)n1. The number of rotatable bonds is 5. The highest BCUT2D eigenvalue weighted by atomic mass is 79.9. The number of aromatic nitrogens is 3. The zero-order chi connectivity index (χ0) is 11.3. The Hall–Kier alpha value is -1.11. The van der Waals surface area contributed by atoms with E-state index in [0.29, 0.717) is 5.95 Å². The number of halogens is 1. The average Bonchev–Trinajstić information content (AvgIpc) is 2.28. The number of ether oxygens (including phenoxy) is 2. The normalized spacial score (nSPS) is 9.87. The highest BCUT2D eigenvalue weighted by Gasteiger charge is 2.10. The first-order valence-electron chi connectivity index (χ1n) is 4.32. The van der Waals surface area contributed by atoms with Crippen molar-refractivity contribution in [3.63, 3.8) is 0 Å². The highest BCUT2D eigenvalue weighted by molar-refractivity contribution is 9.09. The number of hydrogen-bond donors (Lipinski definition) is 0. The number of methoxy groups -OCH3 is 2. The van der Waals surface area contributed by atoms with E-state index in [0.717, 1.165) is 11.9 Å². The first-order valence-corrected chi connectivity index (χ1v) is 5.44. The molecule has 0 amide bonds. The fourth-order valence-corrected chi connectivity index (χ4v) is 1.44. The zero-order valence-corrected chi connectivity index (χ0v) is 10.5. The van der Waals surface area contributed by atoms with Gasteiger partial charge in [-0.15, -0.1) is 4.98 Å². The molecule has 1 heterocycles. The fourth-order valence-electron chi connectivity index (χ4n) is 0.908. The Bertz CT molecular complexity index is 301. The lowest BCUT2D eigenvalue weighted by Gasteiger charge is -2.15. The van der Waals surface area contributed by atoms with Crippen LogP contribution in [0.2, 0.25) is 0 Å². The van der Waals surface area contributed by atoms with Gasteiger partial charge in [0.15, 0.2) is 0 Å². The lowest BCUT2D eigenvalue weighted by molar-refractivity contribution is 0.340. The molecule has 0 aliphatic rings. The molecule has 1 rings (SSSR count). The summed E-state index contributed by atoms with van der Waals surface area (Å²) in [5.41, 5.74) is 0. The number of nitrogens with zero attached hydrogens (tertiary/aromatic N) is 4. The Kier molecular flexibility index (Phi) is 4.54. The molecule has 0 radical (unpaired) electrons. The summed E-state index contributed by atoms with van der Waals surface area (Å²) in [6.07, 6.45) is 0. The van der Waals surface area contributed by atoms with Crippen LogP contribution in [-0.4, -0.2) is 48.1 Å². The van der Waals surface area contributed by atoms with Gasteiger partial charge in [0, 0.05) is 18.9 Å². The summed E-state index contributed by atoms with van der Waals surface area (Å²) >= 11 is 3.34. The van der Waals surface area contributed by atoms with Crippen molar-refractivity contribution in [1.29, 1.82) is 0 Å². The lowest BCUT2D eigenvalue weighted by atomic mass is 10.6. The van der Waals surface area contributed by atoms with Crippen molar-refractivity contribution in [1.82, 2.24) is 15.0 Å². The van der Waals surface area contributed by atoms with Crippen molar-refractivity contribution in [2.75, 3.05) is 38.0 Å². The van der Waals surface area contributed by atoms with Crippen LogP contribution in [0, 0.1) is 0 Å². The summed E-state index contributed by atoms with van der Waals surface area (Å²) in [7, 11) is 4.89. The molecule has 0 bridgehead atoms. The van der Waals surface area contributed by atoms with E-state index in [1.54, 1.807) is 0 Å². The predicted molar refractivity (Wildman–Crippen MR) is 60.0 cm³/mol. The second-order valence-corrected chi connectivity index (χ2v) is 3.51. The van der Waals surface area contributed by atoms with Gasteiger partial charge >= 0.3 is 12.0 Å². The van der Waals surface area contributed by atoms with Crippen LogP contribution in [0.5, 0.6) is 12.0 Å². The largest absolute Gasteiger partial charge is 0.467 e. The van der Waals surface area contributed by atoms with E-state index in [4.69, 9.17) is 9.47 Å². The van der Waals surface area contributed by atoms with Crippen LogP contribution in [0.25, 0.3) is 0 Å². The molecule has 1 aromatic rings. The second-order valence-electron chi connectivity index (χ2n) is 2.72. The zero-order valence-electron chi connectivity index (χ0n) is 8.90. The van der Waals surface area contributed by atoms with Gasteiger partial charge in [-0.25, -0.2) is 0 Å². The van der Waals surface area contributed by atoms with Crippen molar-refractivity contribution < 1.29 is 9.47 Å². The van der Waals surface area contributed by atoms with Gasteiger partial charge in [-0.05, 0) is 0 Å². The van der Waals surface area contributed by atoms with Gasteiger partial charge in [0.25, 0.3) is 0 Å². The minimum atomic E-state index is 0.248. The van der Waals surface area contributed by atoms with Crippen molar-refractivity contribution >= 4 is 21.9 Å². The fraction of sp³-hybridized carbons (Fsp3) is 0.625. The molecule has 7 heteroatoms. The maximum atomic E-state index is 4.95. The molecule has 0 fully saturated rings. The van der Waals surface area contributed by atoms with Gasteiger partial charge in [-0.2, -0.15) is 9.97 Å². The van der Waals surface area contributed by atoms with E-state index >= 15 is 0 Å². The third-order valence-corrected chi connectivity index (χ3v) is 2.06. The molecule has 0 spiro atoms. The van der Waals surface area contributed by atoms with Crippen LogP contribution in [0.1, 0.15) is 0 Å². The molecule has 1 aromatic heterocycles. The van der Waals surface area contributed by atoms with Gasteiger partial charge in [0.2, 0.25) is 5.95 Å². The van der Waals surface area contributed by atoms with Crippen LogP contribution in [-0.2, 0) is 0 Å². The Balaban J connectivity index is 2.95. The molecule has 0 aliphatic carbocycles. The lowest BCUT2D eigenvalue weighted by Crippen LogP contribution is -2.22. The molecule has 0 saturated carbocycles. The summed E-state index contributed by atoms with van der Waals surface area (Å²) in [6, 6.07) is 0.497. The van der Waals surface area contributed by atoms with Crippen molar-refractivity contribution in [3.8, 4) is 12.0 Å². The summed E-state index contributed by atoms with van der Waals surface area (Å²) in [6.45, 7) is 0.788. The van der Waals surface area contributed by atoms with E-state index in [9.17, 15) is 0 Å². The van der Waals surface area contributed by atoms with E-state index < -0.39 is 0 Å². The van der Waals surface area contributed by atoms with Crippen LogP contribution in [0.3, 0.4) is 0 Å². The van der Waals surface area contributed by atoms with Gasteiger partial charge in [-0.1, -0.05) is 15.9 Å². The molecule has 6 nitrogen and oxygen atoms in total. The van der Waals surface area contributed by atoms with Crippen LogP contribution >= 0.6 is 15.9 Å². The Morgan fingerprint density at radius 3 is 2.07 bits per heavy atom. The molecule has 0 unspecified atom stereocenters. The molecule has 15 heavy (non-hydrogen) atoms. The molecule has 0 saturated heterocycles. The third kappa shape index (κ3) is 3.19. The third-order valence-electron chi connectivity index (χ3n) is 1.71. The van der Waals surface area contributed by atoms with Crippen molar-refractivity contribution in [2.45, 2.75) is 0 Å². The van der Waals surface area contributed by atoms with E-state index in [2.05, 4.69) is 30.9 Å². The molecule has 0 aromatic carbocycles. The molecular formula is C8H13BrN4O2. The molecule has 84 valence electrons. The Morgan fingerprint density at radius 2 is 1.67 bits per heavy atom. The second kappa shape index (κ2) is 5.69. The summed E-state index contributed by atoms with van der Waals surface area (Å²) in [4.78, 5) is 14.0. The average molecular weight is 277 g/mol. The van der Waals surface area contributed by atoms with E-state index in [1.165, 1.54) is 14.2 Å². The van der Waals surface area contributed by atoms with Gasteiger partial charge in [-0.3, -0.25) is 0 Å². The molecule has 0 atom stereocenters. The monoisotopic (exact) mass is 276 g/mol. The van der Waals surface area contributed by atoms with E-state index in [1.807, 2.05) is 11.9 Å². The topological polar surface area (TPSA) is 60.4 Å². The van der Waals surface area contributed by atoms with Crippen molar-refractivity contribution in [2.24, 2.45) is 0 Å². The van der Waals surface area contributed by atoms with E-state index in [-0.39, 0.29) is 12.0 Å². The van der Waals surface area contributed by atoms with Crippen LogP contribution < -0.4 is 14.4 Å². The molecule has 0 N–H and O–H groups in total. The quantitative estimate of drug-likeness (QED) is 0.739. The van der Waals surface area contributed by atoms with Crippen LogP contribution in [0.15, 0.2) is 0 Å². The minimum absolute atomic E-state index is 0.248. The maximum Gasteiger partial charge on any atom is 0.324 e. The number of anilines is 1. The standard InChI is InChI=1S/C8H13BrN4O2/c1-13(5-4-9)6-10-7(14-2)12-8(11-6)15-3/h4-5H2,1-3H3. The van der Waals surface area contributed by atoms with Crippen LogP contribution in [0.4, 0.5) is 5.95 Å². The maximum absolute atomic E-state index is 4.95. The Labute approximate surface area is 96.8 Å². The summed E-state index contributed by atoms with van der Waals surface area (Å²) in [5, 5.41) is 0.833.